The summed E-state index contributed by atoms with van der Waals surface area (Å²) in [6.07, 6.45) is 3.51. The number of carbonyl (C=O) groups is 1. The van der Waals surface area contributed by atoms with Crippen LogP contribution in [0.1, 0.15) is 23.2 Å². The lowest BCUT2D eigenvalue weighted by molar-refractivity contribution is 0.0697. The number of rotatable bonds is 3. The molecule has 0 spiro atoms. The summed E-state index contributed by atoms with van der Waals surface area (Å²) in [6.45, 7) is 1.67. The summed E-state index contributed by atoms with van der Waals surface area (Å²) in [7, 11) is 4.19. The topological polar surface area (TPSA) is 91.0 Å². The van der Waals surface area contributed by atoms with Gasteiger partial charge in [-0.05, 0) is 39.1 Å². The van der Waals surface area contributed by atoms with Gasteiger partial charge in [-0.1, -0.05) is 12.1 Å². The van der Waals surface area contributed by atoms with Crippen molar-refractivity contribution in [1.29, 1.82) is 0 Å². The molecule has 0 aliphatic carbocycles. The summed E-state index contributed by atoms with van der Waals surface area (Å²) in [5, 5.41) is 9.94. The number of hydrogen-bond donors (Lipinski definition) is 1. The number of hydrogen-bond acceptors (Lipinski definition) is 7. The number of carboxylic acids is 1. The molecule has 0 saturated carbocycles. The number of aromatic nitrogens is 3. The van der Waals surface area contributed by atoms with Crippen molar-refractivity contribution in [3.63, 3.8) is 0 Å². The van der Waals surface area contributed by atoms with E-state index in [1.165, 1.54) is 17.5 Å². The smallest absolute Gasteiger partial charge is 0.342 e. The summed E-state index contributed by atoms with van der Waals surface area (Å²) in [5.74, 6) is -0.660. The second-order valence-electron chi connectivity index (χ2n) is 7.81. The Morgan fingerprint density at radius 1 is 1.23 bits per heavy atom. The summed E-state index contributed by atoms with van der Waals surface area (Å²) >= 11 is 1.29. The van der Waals surface area contributed by atoms with Gasteiger partial charge in [-0.15, -0.1) is 11.3 Å². The number of fused-ring (bicyclic) bond motifs is 5. The normalized spacial score (nSPS) is 15.6. The fourth-order valence-corrected chi connectivity index (χ4v) is 5.39. The Morgan fingerprint density at radius 2 is 1.97 bits per heavy atom. The van der Waals surface area contributed by atoms with Crippen LogP contribution in [0.15, 0.2) is 35.3 Å². The largest absolute Gasteiger partial charge is 0.477 e. The van der Waals surface area contributed by atoms with Gasteiger partial charge in [0.1, 0.15) is 10.4 Å². The van der Waals surface area contributed by atoms with Gasteiger partial charge in [0.05, 0.1) is 15.6 Å². The molecular weight excluding hydrogens is 402 g/mol. The van der Waals surface area contributed by atoms with Crippen molar-refractivity contribution >= 4 is 49.3 Å². The molecule has 1 aliphatic heterocycles. The highest BCUT2D eigenvalue weighted by atomic mass is 32.1. The monoisotopic (exact) mass is 423 g/mol. The van der Waals surface area contributed by atoms with Crippen LogP contribution in [-0.4, -0.2) is 63.6 Å². The van der Waals surface area contributed by atoms with Gasteiger partial charge in [0, 0.05) is 25.3 Å². The van der Waals surface area contributed by atoms with E-state index in [0.717, 1.165) is 36.1 Å². The first-order valence-electron chi connectivity index (χ1n) is 9.83. The Hall–Kier alpha value is -3.04. The minimum Gasteiger partial charge on any atom is -0.477 e. The molecule has 154 valence electrons. The zero-order valence-electron chi connectivity index (χ0n) is 16.7. The predicted molar refractivity (Wildman–Crippen MR) is 118 cm³/mol. The lowest BCUT2D eigenvalue weighted by Gasteiger charge is -2.35. The first kappa shape index (κ1) is 19.0. The molecule has 1 aromatic carbocycles. The molecule has 1 saturated heterocycles. The first-order chi connectivity index (χ1) is 14.5. The van der Waals surface area contributed by atoms with Gasteiger partial charge in [-0.3, -0.25) is 9.20 Å². The number of carboxylic acid groups (broad SMARTS) is 1. The van der Waals surface area contributed by atoms with Crippen molar-refractivity contribution in [1.82, 2.24) is 19.3 Å². The highest BCUT2D eigenvalue weighted by Gasteiger charge is 2.25. The highest BCUT2D eigenvalue weighted by Crippen LogP contribution is 2.31. The molecule has 1 fully saturated rings. The highest BCUT2D eigenvalue weighted by molar-refractivity contribution is 7.24. The van der Waals surface area contributed by atoms with Crippen LogP contribution in [0, 0.1) is 0 Å². The van der Waals surface area contributed by atoms with E-state index in [1.807, 2.05) is 24.3 Å². The number of nitrogens with zero attached hydrogens (tertiary/aromatic N) is 5. The Balaban J connectivity index is 1.74. The Morgan fingerprint density at radius 3 is 2.67 bits per heavy atom. The third-order valence-corrected chi connectivity index (χ3v) is 7.01. The van der Waals surface area contributed by atoms with Gasteiger partial charge in [0.25, 0.3) is 0 Å². The average Bonchev–Trinajstić information content (AvgIpc) is 3.12. The first-order valence-corrected chi connectivity index (χ1v) is 10.6. The van der Waals surface area contributed by atoms with Crippen molar-refractivity contribution in [2.75, 3.05) is 32.1 Å². The molecule has 1 N–H and O–H groups in total. The van der Waals surface area contributed by atoms with E-state index in [9.17, 15) is 14.7 Å². The van der Waals surface area contributed by atoms with E-state index in [0.29, 0.717) is 22.5 Å². The lowest BCUT2D eigenvalue weighted by Crippen LogP contribution is -2.42. The molecule has 30 heavy (non-hydrogen) atoms. The van der Waals surface area contributed by atoms with E-state index >= 15 is 0 Å². The number of pyridine rings is 1. The van der Waals surface area contributed by atoms with Crippen LogP contribution in [0.3, 0.4) is 0 Å². The zero-order valence-corrected chi connectivity index (χ0v) is 17.5. The number of para-hydroxylation sites is 1. The standard InChI is InChI=1S/C21H21N5O3S/c1-24(2)12-7-9-25(10-8-12)21-22-11-13-17(27)16(20(28)29)19-26(18(13)23-21)14-5-3-4-6-15(14)30-19/h3-6,11-12H,7-10H2,1-2H3,(H,28,29). The number of anilines is 1. The van der Waals surface area contributed by atoms with Gasteiger partial charge in [-0.25, -0.2) is 9.78 Å². The molecule has 0 atom stereocenters. The molecule has 0 radical (unpaired) electrons. The number of piperidine rings is 1. The van der Waals surface area contributed by atoms with E-state index in [-0.39, 0.29) is 10.9 Å². The molecule has 5 rings (SSSR count). The number of aromatic carboxylic acids is 1. The van der Waals surface area contributed by atoms with Crippen LogP contribution in [0.4, 0.5) is 5.95 Å². The third kappa shape index (κ3) is 2.85. The molecule has 0 bridgehead atoms. The maximum absolute atomic E-state index is 13.0. The summed E-state index contributed by atoms with van der Waals surface area (Å²) in [5.41, 5.74) is 0.520. The molecule has 9 heteroatoms. The molecule has 1 aliphatic rings. The van der Waals surface area contributed by atoms with Crippen molar-refractivity contribution < 1.29 is 9.90 Å². The second-order valence-corrected chi connectivity index (χ2v) is 8.84. The Kier molecular flexibility index (Phi) is 4.44. The summed E-state index contributed by atoms with van der Waals surface area (Å²) in [6, 6.07) is 8.17. The Bertz CT molecular complexity index is 1350. The fourth-order valence-electron chi connectivity index (χ4n) is 4.21. The molecular formula is C21H21N5O3S. The number of thiazole rings is 1. The van der Waals surface area contributed by atoms with Crippen LogP contribution in [0.25, 0.3) is 26.1 Å². The average molecular weight is 423 g/mol. The molecule has 0 unspecified atom stereocenters. The van der Waals surface area contributed by atoms with Crippen molar-refractivity contribution in [3.05, 3.63) is 46.2 Å². The van der Waals surface area contributed by atoms with E-state index in [4.69, 9.17) is 4.98 Å². The molecule has 8 nitrogen and oxygen atoms in total. The fraction of sp³-hybridized carbons (Fsp3) is 0.333. The van der Waals surface area contributed by atoms with Crippen molar-refractivity contribution in [2.45, 2.75) is 18.9 Å². The van der Waals surface area contributed by atoms with E-state index in [2.05, 4.69) is 28.9 Å². The predicted octanol–water partition coefficient (Wildman–Crippen LogP) is 2.69. The van der Waals surface area contributed by atoms with Gasteiger partial charge < -0.3 is 14.9 Å². The van der Waals surface area contributed by atoms with Gasteiger partial charge >= 0.3 is 5.97 Å². The molecule has 0 amide bonds. The molecule has 3 aromatic heterocycles. The van der Waals surface area contributed by atoms with Crippen LogP contribution < -0.4 is 10.3 Å². The van der Waals surface area contributed by atoms with Crippen molar-refractivity contribution in [3.8, 4) is 0 Å². The quantitative estimate of drug-likeness (QED) is 0.542. The lowest BCUT2D eigenvalue weighted by atomic mass is 10.0. The van der Waals surface area contributed by atoms with E-state index < -0.39 is 11.4 Å². The summed E-state index contributed by atoms with van der Waals surface area (Å²) in [4.78, 5) is 38.8. The van der Waals surface area contributed by atoms with E-state index in [1.54, 1.807) is 4.40 Å². The van der Waals surface area contributed by atoms with Crippen LogP contribution in [-0.2, 0) is 0 Å². The van der Waals surface area contributed by atoms with Crippen LogP contribution >= 0.6 is 11.3 Å². The van der Waals surface area contributed by atoms with Gasteiger partial charge in [0.2, 0.25) is 11.4 Å². The molecule has 4 heterocycles. The minimum atomic E-state index is -1.24. The van der Waals surface area contributed by atoms with Crippen LogP contribution in [0.5, 0.6) is 0 Å². The van der Waals surface area contributed by atoms with Gasteiger partial charge in [0.15, 0.2) is 5.65 Å². The maximum Gasteiger partial charge on any atom is 0.342 e. The SMILES string of the molecule is CN(C)C1CCN(c2ncc3c(=O)c(C(=O)O)c4sc5ccccc5n4c3n2)CC1. The maximum atomic E-state index is 13.0. The molecule has 4 aromatic rings. The minimum absolute atomic E-state index is 0.223. The van der Waals surface area contributed by atoms with Crippen molar-refractivity contribution in [2.24, 2.45) is 0 Å². The number of benzene rings is 1. The Labute approximate surface area is 176 Å². The zero-order chi connectivity index (χ0) is 21.0. The second kappa shape index (κ2) is 7.03. The van der Waals surface area contributed by atoms with Gasteiger partial charge in [-0.2, -0.15) is 4.98 Å². The summed E-state index contributed by atoms with van der Waals surface area (Å²) < 4.78 is 2.69. The third-order valence-electron chi connectivity index (χ3n) is 5.86. The van der Waals surface area contributed by atoms with Crippen LogP contribution in [0.2, 0.25) is 0 Å².